The second kappa shape index (κ2) is 8.06. The third kappa shape index (κ3) is 5.84. The molecule has 0 aromatic rings. The second-order valence-corrected chi connectivity index (χ2v) is 5.43. The number of nitrogens with one attached hydrogen (secondary N) is 1. The second-order valence-electron chi connectivity index (χ2n) is 5.43. The molecule has 0 saturated heterocycles. The van der Waals surface area contributed by atoms with Crippen LogP contribution in [0, 0.1) is 0 Å². The maximum Gasteiger partial charge on any atom is 0.0597 e. The molecule has 3 heteroatoms. The van der Waals surface area contributed by atoms with Gasteiger partial charge in [-0.2, -0.15) is 0 Å². The molecule has 1 rings (SSSR count). The van der Waals surface area contributed by atoms with E-state index >= 15 is 0 Å². The summed E-state index contributed by atoms with van der Waals surface area (Å²) < 4.78 is 0. The first kappa shape index (κ1) is 14.9. The topological polar surface area (TPSA) is 35.5 Å². The molecule has 3 nitrogen and oxygen atoms in total. The van der Waals surface area contributed by atoms with Crippen LogP contribution in [0.1, 0.15) is 52.9 Å². The predicted molar refractivity (Wildman–Crippen MR) is 73.3 cm³/mol. The average molecular weight is 242 g/mol. The first-order valence-electron chi connectivity index (χ1n) is 7.32. The van der Waals surface area contributed by atoms with Gasteiger partial charge in [0.15, 0.2) is 0 Å². The van der Waals surface area contributed by atoms with Crippen LogP contribution in [0.3, 0.4) is 0 Å². The number of aliphatic hydroxyl groups is 1. The summed E-state index contributed by atoms with van der Waals surface area (Å²) in [5.74, 6) is 0. The molecule has 1 aliphatic rings. The number of hydrogen-bond acceptors (Lipinski definition) is 3. The highest BCUT2D eigenvalue weighted by Crippen LogP contribution is 2.19. The van der Waals surface area contributed by atoms with E-state index in [9.17, 15) is 5.11 Å². The highest BCUT2D eigenvalue weighted by molar-refractivity contribution is 4.86. The monoisotopic (exact) mass is 242 g/mol. The smallest absolute Gasteiger partial charge is 0.0597 e. The lowest BCUT2D eigenvalue weighted by Gasteiger charge is -2.32. The molecule has 1 fully saturated rings. The van der Waals surface area contributed by atoms with E-state index in [1.807, 2.05) is 0 Å². The summed E-state index contributed by atoms with van der Waals surface area (Å²) in [7, 11) is 0. The van der Waals surface area contributed by atoms with Crippen molar-refractivity contribution in [2.24, 2.45) is 0 Å². The van der Waals surface area contributed by atoms with Gasteiger partial charge in [-0.1, -0.05) is 20.3 Å². The zero-order chi connectivity index (χ0) is 12.7. The van der Waals surface area contributed by atoms with Crippen LogP contribution in [0.4, 0.5) is 0 Å². The minimum Gasteiger partial charge on any atom is -0.395 e. The summed E-state index contributed by atoms with van der Waals surface area (Å²) in [5, 5.41) is 13.0. The van der Waals surface area contributed by atoms with E-state index < -0.39 is 0 Å². The van der Waals surface area contributed by atoms with Crippen molar-refractivity contribution in [3.8, 4) is 0 Å². The molecule has 17 heavy (non-hydrogen) atoms. The molecule has 0 aliphatic heterocycles. The Morgan fingerprint density at radius 3 is 2.53 bits per heavy atom. The molecule has 0 aromatic carbocycles. The van der Waals surface area contributed by atoms with Crippen LogP contribution in [0.15, 0.2) is 0 Å². The van der Waals surface area contributed by atoms with Gasteiger partial charge in [0.1, 0.15) is 0 Å². The molecular weight excluding hydrogens is 212 g/mol. The lowest BCUT2D eigenvalue weighted by atomic mass is 10.1. The normalized spacial score (nSPS) is 19.6. The Morgan fingerprint density at radius 2 is 2.06 bits per heavy atom. The van der Waals surface area contributed by atoms with Crippen molar-refractivity contribution in [3.05, 3.63) is 0 Å². The van der Waals surface area contributed by atoms with Crippen molar-refractivity contribution in [1.82, 2.24) is 10.2 Å². The van der Waals surface area contributed by atoms with Gasteiger partial charge >= 0.3 is 0 Å². The van der Waals surface area contributed by atoms with Crippen LogP contribution in [0.5, 0.6) is 0 Å². The molecule has 0 amide bonds. The molecule has 102 valence electrons. The number of unbranched alkanes of at least 4 members (excludes halogenated alkanes) is 1. The number of rotatable bonds is 10. The van der Waals surface area contributed by atoms with E-state index in [0.717, 1.165) is 13.1 Å². The van der Waals surface area contributed by atoms with Crippen LogP contribution in [0.2, 0.25) is 0 Å². The third-order valence-corrected chi connectivity index (χ3v) is 3.74. The van der Waals surface area contributed by atoms with Crippen molar-refractivity contribution < 1.29 is 5.11 Å². The molecule has 0 radical (unpaired) electrons. The van der Waals surface area contributed by atoms with E-state index in [2.05, 4.69) is 31.0 Å². The lowest BCUT2D eigenvalue weighted by molar-refractivity contribution is 0.145. The molecule has 0 spiro atoms. The maximum atomic E-state index is 9.44. The highest BCUT2D eigenvalue weighted by atomic mass is 16.3. The molecule has 0 aromatic heterocycles. The first-order valence-corrected chi connectivity index (χ1v) is 7.32. The molecule has 2 atom stereocenters. The van der Waals surface area contributed by atoms with Crippen molar-refractivity contribution in [3.63, 3.8) is 0 Å². The van der Waals surface area contributed by atoms with Gasteiger partial charge in [-0.15, -0.1) is 0 Å². The van der Waals surface area contributed by atoms with Gasteiger partial charge in [0.05, 0.1) is 6.61 Å². The minimum atomic E-state index is 0.258. The number of aliphatic hydroxyl groups excluding tert-OH is 1. The number of hydrogen-bond donors (Lipinski definition) is 2. The number of nitrogens with zero attached hydrogens (tertiary/aromatic N) is 1. The van der Waals surface area contributed by atoms with Crippen LogP contribution < -0.4 is 5.32 Å². The van der Waals surface area contributed by atoms with Gasteiger partial charge in [-0.25, -0.2) is 0 Å². The molecular formula is C14H30N2O. The summed E-state index contributed by atoms with van der Waals surface area (Å²) in [6, 6.07) is 1.56. The van der Waals surface area contributed by atoms with E-state index in [-0.39, 0.29) is 12.6 Å². The predicted octanol–water partition coefficient (Wildman–Crippen LogP) is 2.00. The average Bonchev–Trinajstić information content (AvgIpc) is 3.15. The Balaban J connectivity index is 2.37. The SMILES string of the molecule is CCCCN(CC(CO)NC1CC1)C(C)CC. The lowest BCUT2D eigenvalue weighted by Crippen LogP contribution is -2.47. The Hall–Kier alpha value is -0.120. The van der Waals surface area contributed by atoms with Crippen LogP contribution in [-0.4, -0.2) is 47.8 Å². The summed E-state index contributed by atoms with van der Waals surface area (Å²) in [5.41, 5.74) is 0. The quantitative estimate of drug-likeness (QED) is 0.615. The van der Waals surface area contributed by atoms with Crippen molar-refractivity contribution in [2.75, 3.05) is 19.7 Å². The van der Waals surface area contributed by atoms with Crippen molar-refractivity contribution >= 4 is 0 Å². The summed E-state index contributed by atoms with van der Waals surface area (Å²) in [6.07, 6.45) is 6.26. The summed E-state index contributed by atoms with van der Waals surface area (Å²) in [6.45, 7) is 9.18. The van der Waals surface area contributed by atoms with Gasteiger partial charge in [-0.05, 0) is 39.2 Å². The van der Waals surface area contributed by atoms with Crippen LogP contribution >= 0.6 is 0 Å². The van der Waals surface area contributed by atoms with E-state index in [4.69, 9.17) is 0 Å². The molecule has 1 aliphatic carbocycles. The zero-order valence-electron chi connectivity index (χ0n) is 11.8. The standard InChI is InChI=1S/C14H30N2O/c1-4-6-9-16(12(3)5-2)10-14(11-17)15-13-7-8-13/h12-15,17H,4-11H2,1-3H3. The summed E-state index contributed by atoms with van der Waals surface area (Å²) >= 11 is 0. The van der Waals surface area contributed by atoms with Gasteiger partial charge in [-0.3, -0.25) is 4.90 Å². The van der Waals surface area contributed by atoms with Gasteiger partial charge < -0.3 is 10.4 Å². The minimum absolute atomic E-state index is 0.258. The molecule has 0 bridgehead atoms. The zero-order valence-corrected chi connectivity index (χ0v) is 11.8. The first-order chi connectivity index (χ1) is 8.21. The Labute approximate surface area is 107 Å². The Kier molecular flexibility index (Phi) is 7.09. The fourth-order valence-electron chi connectivity index (χ4n) is 2.14. The van der Waals surface area contributed by atoms with Crippen molar-refractivity contribution in [2.45, 2.75) is 71.0 Å². The molecule has 1 saturated carbocycles. The van der Waals surface area contributed by atoms with Gasteiger partial charge in [0, 0.05) is 24.7 Å². The van der Waals surface area contributed by atoms with Crippen LogP contribution in [-0.2, 0) is 0 Å². The summed E-state index contributed by atoms with van der Waals surface area (Å²) in [4.78, 5) is 2.53. The maximum absolute atomic E-state index is 9.44. The van der Waals surface area contributed by atoms with E-state index in [1.54, 1.807) is 0 Å². The van der Waals surface area contributed by atoms with Gasteiger partial charge in [0.25, 0.3) is 0 Å². The fraction of sp³-hybridized carbons (Fsp3) is 1.00. The fourth-order valence-corrected chi connectivity index (χ4v) is 2.14. The third-order valence-electron chi connectivity index (χ3n) is 3.74. The Bertz CT molecular complexity index is 195. The van der Waals surface area contributed by atoms with Gasteiger partial charge in [0.2, 0.25) is 0 Å². The molecule has 0 heterocycles. The Morgan fingerprint density at radius 1 is 1.35 bits per heavy atom. The molecule has 2 unspecified atom stereocenters. The van der Waals surface area contributed by atoms with Crippen LogP contribution in [0.25, 0.3) is 0 Å². The molecule has 2 N–H and O–H groups in total. The highest BCUT2D eigenvalue weighted by Gasteiger charge is 2.26. The van der Waals surface area contributed by atoms with Crippen molar-refractivity contribution in [1.29, 1.82) is 0 Å². The van der Waals surface area contributed by atoms with E-state index in [1.165, 1.54) is 32.1 Å². The largest absolute Gasteiger partial charge is 0.395 e. The van der Waals surface area contributed by atoms with E-state index in [0.29, 0.717) is 12.1 Å².